The van der Waals surface area contributed by atoms with E-state index in [4.69, 9.17) is 23.2 Å². The van der Waals surface area contributed by atoms with E-state index >= 15 is 4.39 Å². The standard InChI is InChI=1S/C26H26Cl2FN3O2/c1-25(34,15-31(3)4)17-11-21-23(22(29)12-17)26(2,16-5-7-18(27)8-6-16)32(24(21)33)14-20-10-9-19(28)13-30-20/h5-13,34H,14-15H2,1-4H3/t25?,26-/m0/s1. The molecule has 0 radical (unpaired) electrons. The first kappa shape index (κ1) is 24.6. The van der Waals surface area contributed by atoms with Crippen molar-refractivity contribution in [2.45, 2.75) is 31.5 Å². The average Bonchev–Trinajstić information content (AvgIpc) is 2.97. The topological polar surface area (TPSA) is 56.7 Å². The highest BCUT2D eigenvalue weighted by atomic mass is 35.5. The third-order valence-electron chi connectivity index (χ3n) is 6.35. The summed E-state index contributed by atoms with van der Waals surface area (Å²) in [5, 5.41) is 12.1. The maximum atomic E-state index is 15.9. The van der Waals surface area contributed by atoms with Crippen molar-refractivity contribution in [2.24, 2.45) is 0 Å². The van der Waals surface area contributed by atoms with Gasteiger partial charge in [-0.15, -0.1) is 0 Å². The number of hydrogen-bond acceptors (Lipinski definition) is 4. The lowest BCUT2D eigenvalue weighted by Crippen LogP contribution is -2.42. The van der Waals surface area contributed by atoms with Gasteiger partial charge in [0.1, 0.15) is 5.82 Å². The molecule has 2 atom stereocenters. The van der Waals surface area contributed by atoms with E-state index in [1.165, 1.54) is 12.3 Å². The van der Waals surface area contributed by atoms with Gasteiger partial charge < -0.3 is 14.9 Å². The van der Waals surface area contributed by atoms with Gasteiger partial charge in [0.15, 0.2) is 0 Å². The van der Waals surface area contributed by atoms with Crippen LogP contribution in [0.1, 0.15) is 46.6 Å². The number of pyridine rings is 1. The number of benzene rings is 2. The fourth-order valence-corrected chi connectivity index (χ4v) is 4.98. The molecule has 8 heteroatoms. The van der Waals surface area contributed by atoms with Crippen LogP contribution in [-0.4, -0.2) is 46.4 Å². The molecule has 2 heterocycles. The zero-order valence-electron chi connectivity index (χ0n) is 19.4. The number of aliphatic hydroxyl groups is 1. The van der Waals surface area contributed by atoms with Crippen LogP contribution in [0.5, 0.6) is 0 Å². The monoisotopic (exact) mass is 501 g/mol. The van der Waals surface area contributed by atoms with E-state index in [1.807, 2.05) is 25.9 Å². The maximum absolute atomic E-state index is 15.9. The summed E-state index contributed by atoms with van der Waals surface area (Å²) in [6.45, 7) is 3.84. The smallest absolute Gasteiger partial charge is 0.255 e. The first-order valence-corrected chi connectivity index (χ1v) is 11.6. The Labute approximate surface area is 208 Å². The molecule has 0 bridgehead atoms. The Hall–Kier alpha value is -2.51. The Bertz CT molecular complexity index is 1230. The summed E-state index contributed by atoms with van der Waals surface area (Å²) in [5.74, 6) is -0.894. The largest absolute Gasteiger partial charge is 0.384 e. The van der Waals surface area contributed by atoms with Crippen molar-refractivity contribution in [3.05, 3.63) is 98.5 Å². The van der Waals surface area contributed by atoms with Gasteiger partial charge in [-0.1, -0.05) is 35.3 Å². The van der Waals surface area contributed by atoms with E-state index in [0.29, 0.717) is 26.9 Å². The highest BCUT2D eigenvalue weighted by Gasteiger charge is 2.50. The highest BCUT2D eigenvalue weighted by molar-refractivity contribution is 6.30. The fraction of sp³-hybridized carbons (Fsp3) is 0.308. The quantitative estimate of drug-likeness (QED) is 0.503. The van der Waals surface area contributed by atoms with Gasteiger partial charge in [-0.05, 0) is 75.5 Å². The molecule has 1 aliphatic heterocycles. The number of amides is 1. The molecule has 4 rings (SSSR count). The van der Waals surface area contributed by atoms with Crippen molar-refractivity contribution in [3.63, 3.8) is 0 Å². The number of nitrogens with zero attached hydrogens (tertiary/aromatic N) is 3. The summed E-state index contributed by atoms with van der Waals surface area (Å²) in [6.07, 6.45) is 1.52. The third kappa shape index (κ3) is 4.31. The van der Waals surface area contributed by atoms with Crippen molar-refractivity contribution in [3.8, 4) is 0 Å². The number of hydrogen-bond donors (Lipinski definition) is 1. The third-order valence-corrected chi connectivity index (χ3v) is 6.83. The van der Waals surface area contributed by atoms with Crippen LogP contribution in [0, 0.1) is 5.82 Å². The molecule has 5 nitrogen and oxygen atoms in total. The molecule has 178 valence electrons. The molecule has 0 fully saturated rings. The minimum atomic E-state index is -1.35. The van der Waals surface area contributed by atoms with Crippen molar-refractivity contribution >= 4 is 29.1 Å². The second-order valence-corrected chi connectivity index (χ2v) is 10.2. The molecule has 1 aliphatic rings. The number of fused-ring (bicyclic) bond motifs is 1. The summed E-state index contributed by atoms with van der Waals surface area (Å²) in [7, 11) is 3.64. The fourth-order valence-electron chi connectivity index (χ4n) is 4.74. The second kappa shape index (κ2) is 8.93. The molecule has 1 N–H and O–H groups in total. The molecule has 1 amide bonds. The van der Waals surface area contributed by atoms with E-state index in [2.05, 4.69) is 4.98 Å². The lowest BCUT2D eigenvalue weighted by molar-refractivity contribution is 0.0297. The van der Waals surface area contributed by atoms with Crippen LogP contribution in [0.15, 0.2) is 54.7 Å². The van der Waals surface area contributed by atoms with Crippen LogP contribution < -0.4 is 0 Å². The van der Waals surface area contributed by atoms with Gasteiger partial charge in [0.05, 0.1) is 28.4 Å². The lowest BCUT2D eigenvalue weighted by Gasteiger charge is -2.37. The summed E-state index contributed by atoms with van der Waals surface area (Å²) in [6, 6.07) is 13.4. The first-order valence-electron chi connectivity index (χ1n) is 10.8. The molecule has 0 spiro atoms. The van der Waals surface area contributed by atoms with Gasteiger partial charge in [-0.25, -0.2) is 4.39 Å². The van der Waals surface area contributed by atoms with Gasteiger partial charge in [0.25, 0.3) is 5.91 Å². The molecule has 1 aromatic heterocycles. The van der Waals surface area contributed by atoms with Crippen molar-refractivity contribution in [1.29, 1.82) is 0 Å². The Balaban J connectivity index is 1.89. The second-order valence-electron chi connectivity index (χ2n) is 9.33. The maximum Gasteiger partial charge on any atom is 0.255 e. The van der Waals surface area contributed by atoms with Crippen molar-refractivity contribution < 1.29 is 14.3 Å². The molecule has 2 aromatic carbocycles. The summed E-state index contributed by atoms with van der Waals surface area (Å²) >= 11 is 12.1. The van der Waals surface area contributed by atoms with Gasteiger partial charge in [0, 0.05) is 28.9 Å². The number of rotatable bonds is 6. The molecular formula is C26H26Cl2FN3O2. The van der Waals surface area contributed by atoms with Crippen LogP contribution in [0.4, 0.5) is 4.39 Å². The Morgan fingerprint density at radius 2 is 1.76 bits per heavy atom. The van der Waals surface area contributed by atoms with Crippen molar-refractivity contribution in [1.82, 2.24) is 14.8 Å². The van der Waals surface area contributed by atoms with E-state index in [0.717, 1.165) is 0 Å². The SMILES string of the molecule is CN(C)CC(C)(O)c1cc(F)c2c(c1)C(=O)N(Cc1ccc(Cl)cn1)[C@@]2(C)c1ccc(Cl)cc1. The number of carbonyl (C=O) groups is 1. The zero-order chi connectivity index (χ0) is 24.8. The minimum absolute atomic E-state index is 0.146. The van der Waals surface area contributed by atoms with E-state index < -0.39 is 17.0 Å². The Morgan fingerprint density at radius 3 is 2.35 bits per heavy atom. The first-order chi connectivity index (χ1) is 15.9. The number of carbonyl (C=O) groups excluding carboxylic acids is 1. The van der Waals surface area contributed by atoms with E-state index in [-0.39, 0.29) is 30.1 Å². The van der Waals surface area contributed by atoms with Crippen LogP contribution in [-0.2, 0) is 17.7 Å². The number of halogens is 3. The van der Waals surface area contributed by atoms with Crippen LogP contribution in [0.25, 0.3) is 0 Å². The van der Waals surface area contributed by atoms with Crippen LogP contribution in [0.2, 0.25) is 10.0 Å². The Kier molecular flexibility index (Phi) is 6.46. The van der Waals surface area contributed by atoms with E-state index in [1.54, 1.807) is 54.3 Å². The number of aromatic nitrogens is 1. The molecule has 0 saturated heterocycles. The predicted molar refractivity (Wildman–Crippen MR) is 132 cm³/mol. The predicted octanol–water partition coefficient (Wildman–Crippen LogP) is 5.22. The molecule has 34 heavy (non-hydrogen) atoms. The molecule has 0 saturated carbocycles. The lowest BCUT2D eigenvalue weighted by atomic mass is 9.82. The normalized spacial score (nSPS) is 19.4. The van der Waals surface area contributed by atoms with Crippen LogP contribution in [0.3, 0.4) is 0 Å². The molecular weight excluding hydrogens is 476 g/mol. The average molecular weight is 502 g/mol. The zero-order valence-corrected chi connectivity index (χ0v) is 21.0. The molecule has 1 unspecified atom stereocenters. The minimum Gasteiger partial charge on any atom is -0.384 e. The number of likely N-dealkylation sites (N-methyl/N-ethyl adjacent to an activating group) is 1. The Morgan fingerprint density at radius 1 is 1.12 bits per heavy atom. The van der Waals surface area contributed by atoms with Gasteiger partial charge in [-0.2, -0.15) is 0 Å². The summed E-state index contributed by atoms with van der Waals surface area (Å²) in [5.41, 5.74) is -0.305. The summed E-state index contributed by atoms with van der Waals surface area (Å²) < 4.78 is 15.9. The molecule has 0 aliphatic carbocycles. The van der Waals surface area contributed by atoms with Crippen LogP contribution >= 0.6 is 23.2 Å². The van der Waals surface area contributed by atoms with Gasteiger partial charge in [-0.3, -0.25) is 9.78 Å². The van der Waals surface area contributed by atoms with E-state index in [9.17, 15) is 9.90 Å². The molecule has 3 aromatic rings. The highest BCUT2D eigenvalue weighted by Crippen LogP contribution is 2.47. The van der Waals surface area contributed by atoms with Gasteiger partial charge in [0.2, 0.25) is 0 Å². The van der Waals surface area contributed by atoms with Gasteiger partial charge >= 0.3 is 0 Å². The van der Waals surface area contributed by atoms with Crippen molar-refractivity contribution in [2.75, 3.05) is 20.6 Å². The summed E-state index contributed by atoms with van der Waals surface area (Å²) in [4.78, 5) is 21.5.